The van der Waals surface area contributed by atoms with Gasteiger partial charge in [-0.1, -0.05) is 153 Å². The summed E-state index contributed by atoms with van der Waals surface area (Å²) in [4.78, 5) is 2.43. The lowest BCUT2D eigenvalue weighted by Gasteiger charge is -2.26. The van der Waals surface area contributed by atoms with Crippen molar-refractivity contribution in [1.82, 2.24) is 0 Å². The molecule has 1 aliphatic heterocycles. The molecule has 2 unspecified atom stereocenters. The van der Waals surface area contributed by atoms with Crippen molar-refractivity contribution in [2.24, 2.45) is 0 Å². The number of ether oxygens (including phenoxy) is 1. The second-order valence-electron chi connectivity index (χ2n) is 15.2. The van der Waals surface area contributed by atoms with E-state index >= 15 is 0 Å². The van der Waals surface area contributed by atoms with E-state index in [-0.39, 0.29) is 17.4 Å². The van der Waals surface area contributed by atoms with Crippen LogP contribution in [0.15, 0.2) is 176 Å². The van der Waals surface area contributed by atoms with E-state index in [1.807, 2.05) is 11.3 Å². The topological polar surface area (TPSA) is 12.5 Å². The van der Waals surface area contributed by atoms with Crippen LogP contribution in [-0.4, -0.2) is 6.10 Å². The van der Waals surface area contributed by atoms with Gasteiger partial charge >= 0.3 is 0 Å². The van der Waals surface area contributed by atoms with E-state index in [9.17, 15) is 0 Å². The van der Waals surface area contributed by atoms with Crippen LogP contribution in [0.4, 0.5) is 17.1 Å². The molecule has 2 heterocycles. The Balaban J connectivity index is 1.07. The molecule has 0 fully saturated rings. The third kappa shape index (κ3) is 4.65. The van der Waals surface area contributed by atoms with Crippen molar-refractivity contribution in [3.63, 3.8) is 0 Å². The normalized spacial score (nSPS) is 17.2. The highest BCUT2D eigenvalue weighted by Gasteiger charge is 2.37. The zero-order chi connectivity index (χ0) is 36.0. The van der Waals surface area contributed by atoms with E-state index in [0.29, 0.717) is 0 Å². The minimum atomic E-state index is -0.0390. The van der Waals surface area contributed by atoms with Crippen LogP contribution in [0.3, 0.4) is 0 Å². The highest BCUT2D eigenvalue weighted by molar-refractivity contribution is 7.27. The SMILES string of the molecule is CC1(C)c2ccccc2-c2c1ccc1c2sc2c(N(c3ccc(-c4ccccc4)cc3)c3ccc(-c4cccc5c4OC4C=CC=CC54)cc3)cccc21. The maximum absolute atomic E-state index is 6.56. The van der Waals surface area contributed by atoms with E-state index in [4.69, 9.17) is 4.74 Å². The molecule has 7 aromatic carbocycles. The number of allylic oxidation sites excluding steroid dienone is 2. The van der Waals surface area contributed by atoms with E-state index in [0.717, 1.165) is 28.3 Å². The predicted molar refractivity (Wildman–Crippen MR) is 228 cm³/mol. The highest BCUT2D eigenvalue weighted by Crippen LogP contribution is 2.55. The second kappa shape index (κ2) is 11.9. The average Bonchev–Trinajstić information content (AvgIpc) is 3.87. The van der Waals surface area contributed by atoms with Gasteiger partial charge in [-0.2, -0.15) is 0 Å². The molecule has 11 rings (SSSR count). The predicted octanol–water partition coefficient (Wildman–Crippen LogP) is 14.1. The second-order valence-corrected chi connectivity index (χ2v) is 16.2. The van der Waals surface area contributed by atoms with E-state index < -0.39 is 0 Å². The average molecular weight is 712 g/mol. The lowest BCUT2D eigenvalue weighted by Crippen LogP contribution is -2.15. The monoisotopic (exact) mass is 711 g/mol. The third-order valence-corrected chi connectivity index (χ3v) is 13.1. The summed E-state index contributed by atoms with van der Waals surface area (Å²) >= 11 is 1.93. The molecule has 2 nitrogen and oxygen atoms in total. The fourth-order valence-corrected chi connectivity index (χ4v) is 10.5. The molecule has 2 atom stereocenters. The zero-order valence-corrected chi connectivity index (χ0v) is 31.0. The Morgan fingerprint density at radius 1 is 0.537 bits per heavy atom. The summed E-state index contributed by atoms with van der Waals surface area (Å²) in [6.45, 7) is 4.73. The molecule has 8 aromatic rings. The van der Waals surface area contributed by atoms with Gasteiger partial charge in [-0.25, -0.2) is 0 Å². The molecule has 3 heteroatoms. The molecular weight excluding hydrogens is 675 g/mol. The molecule has 1 aromatic heterocycles. The van der Waals surface area contributed by atoms with Crippen LogP contribution in [0.25, 0.3) is 53.6 Å². The zero-order valence-electron chi connectivity index (χ0n) is 30.2. The van der Waals surface area contributed by atoms with E-state index in [1.165, 1.54) is 64.8 Å². The largest absolute Gasteiger partial charge is 0.484 e. The maximum Gasteiger partial charge on any atom is 0.132 e. The van der Waals surface area contributed by atoms with E-state index in [2.05, 4.69) is 195 Å². The maximum atomic E-state index is 6.56. The van der Waals surface area contributed by atoms with Crippen LogP contribution in [0.1, 0.15) is 36.5 Å². The van der Waals surface area contributed by atoms with Crippen molar-refractivity contribution >= 4 is 48.6 Å². The Morgan fingerprint density at radius 3 is 2.02 bits per heavy atom. The Bertz CT molecular complexity index is 2820. The quantitative estimate of drug-likeness (QED) is 0.176. The van der Waals surface area contributed by atoms with Crippen LogP contribution in [0.2, 0.25) is 0 Å². The third-order valence-electron chi connectivity index (χ3n) is 11.8. The lowest BCUT2D eigenvalue weighted by molar-refractivity contribution is 0.270. The first kappa shape index (κ1) is 31.4. The number of benzene rings is 7. The van der Waals surface area contributed by atoms with Crippen LogP contribution in [0, 0.1) is 0 Å². The van der Waals surface area contributed by atoms with Crippen molar-refractivity contribution in [2.45, 2.75) is 31.3 Å². The number of thiophene rings is 1. The minimum absolute atomic E-state index is 0.0390. The number of fused-ring (bicyclic) bond motifs is 10. The van der Waals surface area contributed by atoms with Gasteiger partial charge in [-0.3, -0.25) is 0 Å². The lowest BCUT2D eigenvalue weighted by atomic mass is 9.82. The molecule has 2 aliphatic carbocycles. The van der Waals surface area contributed by atoms with Gasteiger partial charge in [0.05, 0.1) is 10.4 Å². The molecule has 54 heavy (non-hydrogen) atoms. The first-order valence-electron chi connectivity index (χ1n) is 18.8. The molecule has 0 bridgehead atoms. The van der Waals surface area contributed by atoms with Crippen LogP contribution in [0.5, 0.6) is 5.75 Å². The van der Waals surface area contributed by atoms with Gasteiger partial charge in [0, 0.05) is 54.9 Å². The summed E-state index contributed by atoms with van der Waals surface area (Å²) in [6, 6.07) is 55.8. The molecule has 0 radical (unpaired) electrons. The Hall–Kier alpha value is -6.16. The number of anilines is 3. The Morgan fingerprint density at radius 2 is 1.20 bits per heavy atom. The Kier molecular flexibility index (Phi) is 6.93. The number of para-hydroxylation sites is 1. The van der Waals surface area contributed by atoms with E-state index in [1.54, 1.807) is 0 Å². The molecule has 0 saturated carbocycles. The number of rotatable bonds is 5. The molecule has 0 saturated heterocycles. The number of hydrogen-bond acceptors (Lipinski definition) is 3. The summed E-state index contributed by atoms with van der Waals surface area (Å²) in [5.74, 6) is 1.26. The van der Waals surface area contributed by atoms with Gasteiger partial charge in [0.15, 0.2) is 0 Å². The Labute approximate surface area is 319 Å². The standard InChI is InChI=1S/C51H37NOS/c1-51(2)43-19-8-6-15-42(43)47-44(51)31-30-41-40-18-11-20-45(49(40)54-50(41)47)52(35-26-22-33(23-27-35)32-12-4-3-5-13-32)36-28-24-34(25-29-36)37-16-10-17-39-38-14-7-9-21-46(38)53-48(37)39/h3-31,38,46H,1-2H3. The summed E-state index contributed by atoms with van der Waals surface area (Å²) in [5.41, 5.74) is 14.9. The summed E-state index contributed by atoms with van der Waals surface area (Å²) in [6.07, 6.45) is 8.70. The van der Waals surface area contributed by atoms with Crippen LogP contribution in [-0.2, 0) is 5.41 Å². The molecule has 3 aliphatic rings. The number of hydrogen-bond donors (Lipinski definition) is 0. The molecule has 0 spiro atoms. The van der Waals surface area contributed by atoms with Crippen molar-refractivity contribution in [3.8, 4) is 39.1 Å². The molecule has 0 amide bonds. The molecule has 0 N–H and O–H groups in total. The summed E-state index contributed by atoms with van der Waals surface area (Å²) in [5, 5.41) is 2.61. The number of nitrogens with zero attached hydrogens (tertiary/aromatic N) is 1. The van der Waals surface area contributed by atoms with Gasteiger partial charge in [-0.05, 0) is 69.8 Å². The first-order chi connectivity index (χ1) is 26.5. The first-order valence-corrected chi connectivity index (χ1v) is 19.7. The fourth-order valence-electron chi connectivity index (χ4n) is 9.15. The van der Waals surface area contributed by atoms with Crippen molar-refractivity contribution in [2.75, 3.05) is 4.90 Å². The molecular formula is C51H37NOS. The van der Waals surface area contributed by atoms with Crippen LogP contribution < -0.4 is 9.64 Å². The van der Waals surface area contributed by atoms with Crippen LogP contribution >= 0.6 is 11.3 Å². The minimum Gasteiger partial charge on any atom is -0.484 e. The van der Waals surface area contributed by atoms with Gasteiger partial charge < -0.3 is 9.64 Å². The van der Waals surface area contributed by atoms with Gasteiger partial charge in [0.25, 0.3) is 0 Å². The smallest absolute Gasteiger partial charge is 0.132 e. The highest BCUT2D eigenvalue weighted by atomic mass is 32.1. The summed E-state index contributed by atoms with van der Waals surface area (Å²) in [7, 11) is 0. The van der Waals surface area contributed by atoms with Crippen molar-refractivity contribution < 1.29 is 4.74 Å². The van der Waals surface area contributed by atoms with Gasteiger partial charge in [0.1, 0.15) is 11.9 Å². The molecule has 258 valence electrons. The fraction of sp³-hybridized carbons (Fsp3) is 0.0980. The van der Waals surface area contributed by atoms with Gasteiger partial charge in [0.2, 0.25) is 0 Å². The van der Waals surface area contributed by atoms with Crippen molar-refractivity contribution in [1.29, 1.82) is 0 Å². The summed E-state index contributed by atoms with van der Waals surface area (Å²) < 4.78 is 9.21. The van der Waals surface area contributed by atoms with Crippen molar-refractivity contribution in [3.05, 3.63) is 193 Å². The van der Waals surface area contributed by atoms with Gasteiger partial charge in [-0.15, -0.1) is 11.3 Å².